The lowest BCUT2D eigenvalue weighted by Crippen LogP contribution is -2.59. The molecule has 132 valence electrons. The number of rotatable bonds is 8. The number of benzene rings is 1. The van der Waals surface area contributed by atoms with Crippen molar-refractivity contribution in [3.8, 4) is 11.5 Å². The number of hydrogen-bond donors (Lipinski definition) is 0. The molecule has 2 amide bonds. The fourth-order valence-corrected chi connectivity index (χ4v) is 2.82. The number of methoxy groups -OCH3 is 1. The second-order valence-electron chi connectivity index (χ2n) is 5.90. The van der Waals surface area contributed by atoms with Crippen LogP contribution in [0.2, 0.25) is 0 Å². The molecule has 1 aliphatic heterocycles. The van der Waals surface area contributed by atoms with E-state index in [1.807, 2.05) is 31.2 Å². The van der Waals surface area contributed by atoms with E-state index in [-0.39, 0.29) is 18.4 Å². The minimum absolute atomic E-state index is 0.0139. The summed E-state index contributed by atoms with van der Waals surface area (Å²) >= 11 is 0. The first-order valence-corrected chi connectivity index (χ1v) is 8.42. The Balaban J connectivity index is 1.78. The topological polar surface area (TPSA) is 59.1 Å². The molecular weight excluding hydrogens is 308 g/mol. The summed E-state index contributed by atoms with van der Waals surface area (Å²) in [6, 6.07) is 6.98. The van der Waals surface area contributed by atoms with Gasteiger partial charge in [0.2, 0.25) is 11.8 Å². The molecule has 0 saturated carbocycles. The Morgan fingerprint density at radius 1 is 1.12 bits per heavy atom. The number of ether oxygens (including phenoxy) is 2. The van der Waals surface area contributed by atoms with Crippen molar-refractivity contribution in [2.75, 3.05) is 33.4 Å². The van der Waals surface area contributed by atoms with Crippen molar-refractivity contribution in [3.05, 3.63) is 24.3 Å². The van der Waals surface area contributed by atoms with Gasteiger partial charge in [-0.15, -0.1) is 0 Å². The van der Waals surface area contributed by atoms with Crippen molar-refractivity contribution in [1.82, 2.24) is 9.80 Å². The lowest BCUT2D eigenvalue weighted by Gasteiger charge is -2.38. The highest BCUT2D eigenvalue weighted by molar-refractivity contribution is 5.94. The van der Waals surface area contributed by atoms with Crippen molar-refractivity contribution in [3.63, 3.8) is 0 Å². The Hall–Kier alpha value is -2.24. The van der Waals surface area contributed by atoms with E-state index in [4.69, 9.17) is 9.47 Å². The molecule has 2 rings (SSSR count). The second-order valence-corrected chi connectivity index (χ2v) is 5.90. The number of amides is 2. The molecule has 0 bridgehead atoms. The van der Waals surface area contributed by atoms with Crippen LogP contribution in [0.15, 0.2) is 24.3 Å². The lowest BCUT2D eigenvalue weighted by atomic mass is 10.1. The van der Waals surface area contributed by atoms with E-state index < -0.39 is 6.04 Å². The standard InChI is InChI=1S/C18H26N2O4/c1-4-10-19-13-17(21)20(14(2)18(19)22)11-5-12-24-16-8-6-15(23-3)7-9-16/h6-9,14H,4-5,10-13H2,1-3H3/t14-/m0/s1. The van der Waals surface area contributed by atoms with Gasteiger partial charge in [-0.05, 0) is 44.0 Å². The third-order valence-corrected chi connectivity index (χ3v) is 4.15. The molecule has 1 atom stereocenters. The lowest BCUT2D eigenvalue weighted by molar-refractivity contribution is -0.155. The molecule has 0 unspecified atom stereocenters. The van der Waals surface area contributed by atoms with Gasteiger partial charge in [-0.3, -0.25) is 9.59 Å². The molecule has 1 saturated heterocycles. The largest absolute Gasteiger partial charge is 0.497 e. The molecule has 1 aromatic rings. The average molecular weight is 334 g/mol. The predicted octanol–water partition coefficient (Wildman–Crippen LogP) is 1.93. The summed E-state index contributed by atoms with van der Waals surface area (Å²) in [7, 11) is 1.62. The van der Waals surface area contributed by atoms with E-state index in [0.29, 0.717) is 26.1 Å². The van der Waals surface area contributed by atoms with Gasteiger partial charge in [0.25, 0.3) is 0 Å². The van der Waals surface area contributed by atoms with Crippen LogP contribution in [0.1, 0.15) is 26.7 Å². The number of carbonyl (C=O) groups is 2. The Morgan fingerprint density at radius 2 is 1.79 bits per heavy atom. The smallest absolute Gasteiger partial charge is 0.245 e. The van der Waals surface area contributed by atoms with Crippen LogP contribution in [0.25, 0.3) is 0 Å². The van der Waals surface area contributed by atoms with Gasteiger partial charge in [-0.1, -0.05) is 6.92 Å². The Bertz CT molecular complexity index is 559. The molecule has 24 heavy (non-hydrogen) atoms. The highest BCUT2D eigenvalue weighted by Crippen LogP contribution is 2.17. The van der Waals surface area contributed by atoms with Crippen LogP contribution < -0.4 is 9.47 Å². The summed E-state index contributed by atoms with van der Waals surface area (Å²) in [6.45, 7) is 5.66. The summed E-state index contributed by atoms with van der Waals surface area (Å²) < 4.78 is 10.8. The summed E-state index contributed by atoms with van der Waals surface area (Å²) in [5.74, 6) is 1.59. The SMILES string of the molecule is CCCN1CC(=O)N(CCCOc2ccc(OC)cc2)[C@@H](C)C1=O. The third kappa shape index (κ3) is 4.40. The molecule has 1 heterocycles. The first kappa shape index (κ1) is 18.1. The quantitative estimate of drug-likeness (QED) is 0.682. The van der Waals surface area contributed by atoms with Crippen LogP contribution in [0.4, 0.5) is 0 Å². The van der Waals surface area contributed by atoms with Gasteiger partial charge in [0.05, 0.1) is 20.3 Å². The van der Waals surface area contributed by atoms with Crippen molar-refractivity contribution < 1.29 is 19.1 Å². The van der Waals surface area contributed by atoms with Crippen LogP contribution in [0.5, 0.6) is 11.5 Å². The summed E-state index contributed by atoms with van der Waals surface area (Å²) in [5.41, 5.74) is 0. The van der Waals surface area contributed by atoms with Crippen LogP contribution in [0, 0.1) is 0 Å². The highest BCUT2D eigenvalue weighted by Gasteiger charge is 2.35. The van der Waals surface area contributed by atoms with Crippen molar-refractivity contribution in [2.24, 2.45) is 0 Å². The van der Waals surface area contributed by atoms with Gasteiger partial charge in [0, 0.05) is 13.1 Å². The number of hydrogen-bond acceptors (Lipinski definition) is 4. The minimum atomic E-state index is -0.390. The van der Waals surface area contributed by atoms with E-state index in [9.17, 15) is 9.59 Å². The van der Waals surface area contributed by atoms with Gasteiger partial charge in [0.1, 0.15) is 17.5 Å². The van der Waals surface area contributed by atoms with E-state index >= 15 is 0 Å². The average Bonchev–Trinajstić information content (AvgIpc) is 2.59. The zero-order valence-electron chi connectivity index (χ0n) is 14.7. The summed E-state index contributed by atoms with van der Waals surface area (Å²) in [5, 5.41) is 0. The van der Waals surface area contributed by atoms with Crippen LogP contribution in [0.3, 0.4) is 0 Å². The van der Waals surface area contributed by atoms with Gasteiger partial charge < -0.3 is 19.3 Å². The second kappa shape index (κ2) is 8.57. The number of piperazine rings is 1. The highest BCUT2D eigenvalue weighted by atomic mass is 16.5. The van der Waals surface area contributed by atoms with E-state index in [1.54, 1.807) is 23.8 Å². The van der Waals surface area contributed by atoms with Crippen LogP contribution >= 0.6 is 0 Å². The number of carbonyl (C=O) groups excluding carboxylic acids is 2. The van der Waals surface area contributed by atoms with E-state index in [1.165, 1.54) is 0 Å². The van der Waals surface area contributed by atoms with Crippen molar-refractivity contribution in [1.29, 1.82) is 0 Å². The molecule has 6 nitrogen and oxygen atoms in total. The van der Waals surface area contributed by atoms with Gasteiger partial charge in [-0.2, -0.15) is 0 Å². The first-order valence-electron chi connectivity index (χ1n) is 8.42. The normalized spacial score (nSPS) is 18.0. The van der Waals surface area contributed by atoms with E-state index in [2.05, 4.69) is 0 Å². The van der Waals surface area contributed by atoms with Gasteiger partial charge in [-0.25, -0.2) is 0 Å². The molecule has 0 N–H and O–H groups in total. The zero-order chi connectivity index (χ0) is 17.5. The predicted molar refractivity (Wildman–Crippen MR) is 91.2 cm³/mol. The Kier molecular flexibility index (Phi) is 6.46. The minimum Gasteiger partial charge on any atom is -0.497 e. The molecule has 1 aliphatic rings. The van der Waals surface area contributed by atoms with E-state index in [0.717, 1.165) is 17.9 Å². The van der Waals surface area contributed by atoms with Crippen molar-refractivity contribution in [2.45, 2.75) is 32.7 Å². The molecule has 0 aliphatic carbocycles. The van der Waals surface area contributed by atoms with Crippen LogP contribution in [-0.2, 0) is 9.59 Å². The Labute approximate surface area is 143 Å². The van der Waals surface area contributed by atoms with Crippen LogP contribution in [-0.4, -0.2) is 61.0 Å². The Morgan fingerprint density at radius 3 is 2.42 bits per heavy atom. The molecule has 1 aromatic carbocycles. The third-order valence-electron chi connectivity index (χ3n) is 4.15. The fraction of sp³-hybridized carbons (Fsp3) is 0.556. The fourth-order valence-electron chi connectivity index (χ4n) is 2.82. The maximum Gasteiger partial charge on any atom is 0.245 e. The molecule has 0 aromatic heterocycles. The number of nitrogens with zero attached hydrogens (tertiary/aromatic N) is 2. The molecular formula is C18H26N2O4. The van der Waals surface area contributed by atoms with Gasteiger partial charge in [0.15, 0.2) is 0 Å². The zero-order valence-corrected chi connectivity index (χ0v) is 14.7. The summed E-state index contributed by atoms with van der Waals surface area (Å²) in [4.78, 5) is 27.8. The van der Waals surface area contributed by atoms with Crippen molar-refractivity contribution >= 4 is 11.8 Å². The van der Waals surface area contributed by atoms with Gasteiger partial charge >= 0.3 is 0 Å². The summed E-state index contributed by atoms with van der Waals surface area (Å²) in [6.07, 6.45) is 1.55. The molecule has 6 heteroatoms. The maximum absolute atomic E-state index is 12.3. The molecule has 0 radical (unpaired) electrons. The maximum atomic E-state index is 12.3. The molecule has 0 spiro atoms. The molecule has 1 fully saturated rings. The first-order chi connectivity index (χ1) is 11.6. The monoisotopic (exact) mass is 334 g/mol.